The summed E-state index contributed by atoms with van der Waals surface area (Å²) in [5, 5.41) is 32.8. The Hall–Kier alpha value is -2.80. The van der Waals surface area contributed by atoms with Gasteiger partial charge in [-0.1, -0.05) is 18.2 Å². The quantitative estimate of drug-likeness (QED) is 0.295. The first-order valence-electron chi connectivity index (χ1n) is 10.7. The van der Waals surface area contributed by atoms with Crippen LogP contribution >= 0.6 is 7.75 Å². The molecule has 2 heterocycles. The van der Waals surface area contributed by atoms with Gasteiger partial charge >= 0.3 is 19.4 Å². The van der Waals surface area contributed by atoms with E-state index in [2.05, 4.69) is 5.09 Å². The number of para-hydroxylation sites is 1. The van der Waals surface area contributed by atoms with Gasteiger partial charge in [-0.3, -0.25) is 23.7 Å². The van der Waals surface area contributed by atoms with Gasteiger partial charge in [-0.2, -0.15) is 5.09 Å². The summed E-state index contributed by atoms with van der Waals surface area (Å²) in [5.74, 6) is -1.37. The summed E-state index contributed by atoms with van der Waals surface area (Å²) in [6.07, 6.45) is -4.50. The second kappa shape index (κ2) is 9.59. The van der Waals surface area contributed by atoms with Crippen LogP contribution in [-0.2, 0) is 18.6 Å². The number of aliphatic carboxylic acids is 1. The Morgan fingerprint density at radius 2 is 2.12 bits per heavy atom. The zero-order valence-corrected chi connectivity index (χ0v) is 18.3. The Balaban J connectivity index is 1.89. The molecule has 13 nitrogen and oxygen atoms in total. The van der Waals surface area contributed by atoms with Crippen LogP contribution in [0.25, 0.3) is 0 Å². The highest BCUT2D eigenvalue weighted by Gasteiger charge is 2.54. The average molecular weight is 487 g/mol. The maximum absolute atomic E-state index is 13.4. The predicted molar refractivity (Wildman–Crippen MR) is 113 cm³/mol. The van der Waals surface area contributed by atoms with E-state index in [1.165, 1.54) is 12.1 Å². The van der Waals surface area contributed by atoms with Crippen molar-refractivity contribution in [1.29, 1.82) is 0 Å². The highest BCUT2D eigenvalue weighted by Crippen LogP contribution is 2.46. The molecule has 0 saturated carbocycles. The van der Waals surface area contributed by atoms with E-state index < -0.39 is 67.7 Å². The second-order valence-corrected chi connectivity index (χ2v) is 9.04. The second-order valence-electron chi connectivity index (χ2n) is 7.40. The lowest BCUT2D eigenvalue weighted by Crippen LogP contribution is -2.47. The molecule has 7 atom stereocenters. The predicted octanol–water partition coefficient (Wildman–Crippen LogP) is -0.188. The molecule has 33 heavy (non-hydrogen) atoms. The Morgan fingerprint density at radius 3 is 2.76 bits per heavy atom. The number of carboxylic acids is 1. The summed E-state index contributed by atoms with van der Waals surface area (Å²) < 4.78 is 45.9. The first-order chi connectivity index (χ1) is 16.2. The van der Waals surface area contributed by atoms with Crippen LogP contribution in [0.3, 0.4) is 0 Å². The number of hydrogen-bond acceptors (Lipinski definition) is 9. The van der Waals surface area contributed by atoms with E-state index in [1.54, 1.807) is 18.2 Å². The van der Waals surface area contributed by atoms with Crippen LogP contribution in [0, 0.1) is 0 Å². The molecule has 14 heteroatoms. The fraction of sp³-hybridized carbons (Fsp3) is 0.421. The zero-order valence-electron chi connectivity index (χ0n) is 19.4. The largest absolute Gasteiger partial charge is 0.480 e. The van der Waals surface area contributed by atoms with Crippen LogP contribution in [0.1, 0.15) is 22.8 Å². The number of rotatable bonds is 9. The molecular weight excluding hydrogens is 461 g/mol. The normalized spacial score (nSPS) is 29.4. The minimum atomic E-state index is -4.58. The average Bonchev–Trinajstić information content (AvgIpc) is 3.00. The lowest BCUT2D eigenvalue weighted by molar-refractivity contribution is -0.138. The van der Waals surface area contributed by atoms with Gasteiger partial charge in [0.25, 0.3) is 5.56 Å². The van der Waals surface area contributed by atoms with E-state index in [4.69, 9.17) is 16.5 Å². The molecule has 0 amide bonds. The van der Waals surface area contributed by atoms with E-state index in [1.807, 2.05) is 4.98 Å². The minimum Gasteiger partial charge on any atom is -0.480 e. The summed E-state index contributed by atoms with van der Waals surface area (Å²) >= 11 is 0. The Labute approximate surface area is 190 Å². The molecule has 1 aromatic heterocycles. The van der Waals surface area contributed by atoms with Crippen LogP contribution in [0.4, 0.5) is 0 Å². The topological polar surface area (TPSA) is 189 Å². The van der Waals surface area contributed by atoms with E-state index >= 15 is 0 Å². The highest BCUT2D eigenvalue weighted by atomic mass is 31.2. The van der Waals surface area contributed by atoms with Crippen molar-refractivity contribution < 1.29 is 41.2 Å². The Bertz CT molecular complexity index is 1240. The Kier molecular flexibility index (Phi) is 6.40. The fourth-order valence-electron chi connectivity index (χ4n) is 2.98. The Morgan fingerprint density at radius 1 is 1.45 bits per heavy atom. The summed E-state index contributed by atoms with van der Waals surface area (Å²) in [5.41, 5.74) is -4.27. The van der Waals surface area contributed by atoms with Gasteiger partial charge < -0.3 is 24.6 Å². The molecular formula is C19H24N3O10P. The number of aliphatic hydroxyl groups is 2. The third kappa shape index (κ3) is 5.58. The SMILES string of the molecule is [2H]c1cn([C@@H]2O[C@H]([C@@H]([2H])OP(=O)(NC(C)C(=O)O)Oc3ccccc3)[C@@H](O)[C@@]2(C)O)c(=O)[nH]c1=O. The monoisotopic (exact) mass is 487 g/mol. The number of hydrogen-bond donors (Lipinski definition) is 5. The molecule has 1 saturated heterocycles. The van der Waals surface area contributed by atoms with Crippen molar-refractivity contribution in [2.75, 3.05) is 6.58 Å². The molecule has 1 aliphatic heterocycles. The van der Waals surface area contributed by atoms with Crippen molar-refractivity contribution in [3.8, 4) is 5.75 Å². The van der Waals surface area contributed by atoms with Gasteiger partial charge in [0.05, 0.1) is 9.32 Å². The van der Waals surface area contributed by atoms with Crippen molar-refractivity contribution in [3.63, 3.8) is 0 Å². The molecule has 1 fully saturated rings. The summed E-state index contributed by atoms with van der Waals surface area (Å²) in [4.78, 5) is 36.8. The number of ether oxygens (including phenoxy) is 1. The van der Waals surface area contributed by atoms with E-state index in [9.17, 15) is 34.3 Å². The fourth-order valence-corrected chi connectivity index (χ4v) is 4.40. The lowest BCUT2D eigenvalue weighted by atomic mass is 9.96. The summed E-state index contributed by atoms with van der Waals surface area (Å²) in [6, 6.07) is 5.49. The van der Waals surface area contributed by atoms with Crippen molar-refractivity contribution >= 4 is 13.7 Å². The molecule has 0 bridgehead atoms. The van der Waals surface area contributed by atoms with Gasteiger partial charge in [-0.05, 0) is 26.0 Å². The number of aromatic nitrogens is 2. The van der Waals surface area contributed by atoms with E-state index in [-0.39, 0.29) is 5.75 Å². The third-order valence-corrected chi connectivity index (χ3v) is 6.32. The van der Waals surface area contributed by atoms with Crippen LogP contribution in [0.15, 0.2) is 52.2 Å². The number of benzene rings is 1. The molecule has 3 rings (SSSR count). The maximum atomic E-state index is 13.4. The molecule has 1 aliphatic rings. The van der Waals surface area contributed by atoms with E-state index in [0.29, 0.717) is 4.57 Å². The number of carboxylic acid groups (broad SMARTS) is 1. The summed E-state index contributed by atoms with van der Waals surface area (Å²) in [6.45, 7) is 0.216. The number of nitrogens with zero attached hydrogens (tertiary/aromatic N) is 1. The van der Waals surface area contributed by atoms with Gasteiger partial charge in [-0.25, -0.2) is 9.36 Å². The smallest absolute Gasteiger partial charge is 0.459 e. The highest BCUT2D eigenvalue weighted by molar-refractivity contribution is 7.52. The molecule has 180 valence electrons. The molecule has 0 radical (unpaired) electrons. The maximum Gasteiger partial charge on any atom is 0.459 e. The number of carbonyl (C=O) groups is 1. The molecule has 0 aliphatic carbocycles. The van der Waals surface area contributed by atoms with Gasteiger partial charge in [0.2, 0.25) is 0 Å². The van der Waals surface area contributed by atoms with Crippen LogP contribution in [0.5, 0.6) is 5.75 Å². The van der Waals surface area contributed by atoms with Crippen LogP contribution in [-0.4, -0.2) is 61.3 Å². The minimum absolute atomic E-state index is 0.0219. The lowest BCUT2D eigenvalue weighted by Gasteiger charge is -2.27. The van der Waals surface area contributed by atoms with Gasteiger partial charge in [-0.15, -0.1) is 0 Å². The number of aromatic amines is 1. The van der Waals surface area contributed by atoms with Gasteiger partial charge in [0, 0.05) is 12.2 Å². The van der Waals surface area contributed by atoms with Crippen molar-refractivity contribution in [3.05, 3.63) is 63.4 Å². The van der Waals surface area contributed by atoms with Crippen molar-refractivity contribution in [2.24, 2.45) is 0 Å². The zero-order chi connectivity index (χ0) is 26.1. The van der Waals surface area contributed by atoms with Crippen molar-refractivity contribution in [1.82, 2.24) is 14.6 Å². The first kappa shape index (κ1) is 22.0. The molecule has 0 spiro atoms. The molecule has 2 unspecified atom stereocenters. The molecule has 2 aromatic rings. The van der Waals surface area contributed by atoms with Crippen LogP contribution in [0.2, 0.25) is 0 Å². The van der Waals surface area contributed by atoms with Gasteiger partial charge in [0.1, 0.15) is 29.6 Å². The summed E-state index contributed by atoms with van der Waals surface area (Å²) in [7, 11) is -4.58. The number of H-pyrrole nitrogens is 1. The van der Waals surface area contributed by atoms with Gasteiger partial charge in [0.15, 0.2) is 6.23 Å². The van der Waals surface area contributed by atoms with Crippen LogP contribution < -0.4 is 20.9 Å². The van der Waals surface area contributed by atoms with Crippen molar-refractivity contribution in [2.45, 2.75) is 43.9 Å². The number of aliphatic hydroxyl groups excluding tert-OH is 1. The number of nitrogens with one attached hydrogen (secondary N) is 2. The molecule has 1 aromatic carbocycles. The van der Waals surface area contributed by atoms with E-state index in [0.717, 1.165) is 20.0 Å². The first-order valence-corrected chi connectivity index (χ1v) is 11.1. The third-order valence-electron chi connectivity index (χ3n) is 4.76. The molecule has 5 N–H and O–H groups in total. The standard InChI is InChI=1S/C19H24N3O10P/c1-11(16(25)26)21-33(29,32-12-6-4-3-5-7-12)30-10-13-15(24)19(2,28)17(31-13)22-9-8-14(23)20-18(22)27/h3-9,11,13,15,17,24,28H,10H2,1-2H3,(H,21,29)(H,25,26)(H,20,23,27)/t11?,13-,15-,17-,19-,33?/m1/s1/i8D,10D/t10-,11?,13-,15-,17-,19-,33?.